The van der Waals surface area contributed by atoms with E-state index < -0.39 is 12.0 Å². The van der Waals surface area contributed by atoms with Gasteiger partial charge >= 0.3 is 5.97 Å². The normalized spacial score (nSPS) is 23.6. The summed E-state index contributed by atoms with van der Waals surface area (Å²) in [5, 5.41) is 8.99. The smallest absolute Gasteiger partial charge is 0.327 e. The predicted octanol–water partition coefficient (Wildman–Crippen LogP) is 0.581. The molecule has 0 bridgehead atoms. The summed E-state index contributed by atoms with van der Waals surface area (Å²) in [7, 11) is 0. The molecule has 1 aliphatic heterocycles. The standard InChI is InChI=1S/C9H15NO3S2/c1-6(4-14)8(11)10-2-3-15-5-7(10)9(12)13/h6-7,14H,2-5H2,1H3,(H,12,13). The first-order valence-electron chi connectivity index (χ1n) is 4.79. The maximum atomic E-state index is 11.8. The number of hydrogen-bond acceptors (Lipinski definition) is 4. The lowest BCUT2D eigenvalue weighted by Gasteiger charge is -2.34. The number of amides is 1. The Bertz CT molecular complexity index is 260. The molecule has 0 spiro atoms. The maximum absolute atomic E-state index is 11.8. The Morgan fingerprint density at radius 1 is 1.67 bits per heavy atom. The number of carboxylic acid groups (broad SMARTS) is 1. The molecule has 1 heterocycles. The highest BCUT2D eigenvalue weighted by atomic mass is 32.2. The van der Waals surface area contributed by atoms with Gasteiger partial charge in [-0.15, -0.1) is 0 Å². The summed E-state index contributed by atoms with van der Waals surface area (Å²) in [6.07, 6.45) is 0. The molecule has 86 valence electrons. The van der Waals surface area contributed by atoms with Crippen LogP contribution in [-0.4, -0.2) is 51.7 Å². The van der Waals surface area contributed by atoms with Gasteiger partial charge in [0.05, 0.1) is 0 Å². The van der Waals surface area contributed by atoms with E-state index in [-0.39, 0.29) is 11.8 Å². The molecular weight excluding hydrogens is 234 g/mol. The fourth-order valence-electron chi connectivity index (χ4n) is 1.43. The first-order chi connectivity index (χ1) is 7.07. The second-order valence-corrected chi connectivity index (χ2v) is 5.06. The van der Waals surface area contributed by atoms with Crippen LogP contribution in [-0.2, 0) is 9.59 Å². The van der Waals surface area contributed by atoms with Crippen molar-refractivity contribution < 1.29 is 14.7 Å². The molecule has 2 unspecified atom stereocenters. The van der Waals surface area contributed by atoms with Gasteiger partial charge in [0.25, 0.3) is 0 Å². The van der Waals surface area contributed by atoms with Crippen LogP contribution in [0.1, 0.15) is 6.92 Å². The highest BCUT2D eigenvalue weighted by Gasteiger charge is 2.33. The quantitative estimate of drug-likeness (QED) is 0.718. The van der Waals surface area contributed by atoms with Gasteiger partial charge < -0.3 is 10.0 Å². The summed E-state index contributed by atoms with van der Waals surface area (Å²) >= 11 is 5.63. The second kappa shape index (κ2) is 5.65. The van der Waals surface area contributed by atoms with Crippen LogP contribution in [0.25, 0.3) is 0 Å². The molecule has 0 aromatic heterocycles. The van der Waals surface area contributed by atoms with E-state index >= 15 is 0 Å². The molecule has 1 N–H and O–H groups in total. The molecule has 1 saturated heterocycles. The van der Waals surface area contributed by atoms with E-state index in [1.807, 2.05) is 0 Å². The third kappa shape index (κ3) is 3.04. The number of carbonyl (C=O) groups excluding carboxylic acids is 1. The molecule has 6 heteroatoms. The Morgan fingerprint density at radius 3 is 2.87 bits per heavy atom. The van der Waals surface area contributed by atoms with Crippen molar-refractivity contribution in [2.45, 2.75) is 13.0 Å². The molecule has 0 radical (unpaired) electrons. The molecule has 1 aliphatic rings. The fraction of sp³-hybridized carbons (Fsp3) is 0.778. The van der Waals surface area contributed by atoms with Crippen LogP contribution in [0.15, 0.2) is 0 Å². The van der Waals surface area contributed by atoms with E-state index in [0.717, 1.165) is 5.75 Å². The Kier molecular flexibility index (Phi) is 4.79. The van der Waals surface area contributed by atoms with Gasteiger partial charge in [-0.3, -0.25) is 4.79 Å². The summed E-state index contributed by atoms with van der Waals surface area (Å²) in [5.41, 5.74) is 0. The van der Waals surface area contributed by atoms with Crippen LogP contribution in [0.2, 0.25) is 0 Å². The minimum absolute atomic E-state index is 0.0994. The van der Waals surface area contributed by atoms with Crippen molar-refractivity contribution in [1.29, 1.82) is 0 Å². The summed E-state index contributed by atoms with van der Waals surface area (Å²) in [6.45, 7) is 2.30. The minimum atomic E-state index is -0.915. The van der Waals surface area contributed by atoms with E-state index in [4.69, 9.17) is 5.11 Å². The molecule has 0 aromatic rings. The van der Waals surface area contributed by atoms with Gasteiger partial charge in [0.1, 0.15) is 6.04 Å². The van der Waals surface area contributed by atoms with Gasteiger partial charge in [-0.05, 0) is 0 Å². The Hall–Kier alpha value is -0.360. The van der Waals surface area contributed by atoms with Gasteiger partial charge in [-0.25, -0.2) is 4.79 Å². The Labute approximate surface area is 98.8 Å². The zero-order chi connectivity index (χ0) is 11.4. The number of thiol groups is 1. The van der Waals surface area contributed by atoms with Crippen LogP contribution >= 0.6 is 24.4 Å². The van der Waals surface area contributed by atoms with E-state index in [2.05, 4.69) is 12.6 Å². The topological polar surface area (TPSA) is 57.6 Å². The summed E-state index contributed by atoms with van der Waals surface area (Å²) in [5.74, 6) is 0.530. The lowest BCUT2D eigenvalue weighted by Crippen LogP contribution is -2.52. The van der Waals surface area contributed by atoms with Gasteiger partial charge in [-0.1, -0.05) is 6.92 Å². The molecule has 0 aromatic carbocycles. The maximum Gasteiger partial charge on any atom is 0.327 e. The molecular formula is C9H15NO3S2. The van der Waals surface area contributed by atoms with E-state index in [0.29, 0.717) is 18.1 Å². The predicted molar refractivity (Wildman–Crippen MR) is 63.5 cm³/mol. The van der Waals surface area contributed by atoms with Gasteiger partial charge in [0.15, 0.2) is 0 Å². The first-order valence-corrected chi connectivity index (χ1v) is 6.58. The molecule has 0 saturated carbocycles. The first kappa shape index (κ1) is 12.7. The van der Waals surface area contributed by atoms with Crippen molar-refractivity contribution in [2.75, 3.05) is 23.8 Å². The van der Waals surface area contributed by atoms with Crippen molar-refractivity contribution in [3.8, 4) is 0 Å². The van der Waals surface area contributed by atoms with E-state index in [1.165, 1.54) is 4.90 Å². The zero-order valence-corrected chi connectivity index (χ0v) is 10.3. The highest BCUT2D eigenvalue weighted by molar-refractivity contribution is 7.99. The van der Waals surface area contributed by atoms with E-state index in [1.54, 1.807) is 18.7 Å². The summed E-state index contributed by atoms with van der Waals surface area (Å²) in [6, 6.07) is -0.668. The second-order valence-electron chi connectivity index (χ2n) is 3.54. The monoisotopic (exact) mass is 249 g/mol. The van der Waals surface area contributed by atoms with Crippen molar-refractivity contribution in [1.82, 2.24) is 4.90 Å². The van der Waals surface area contributed by atoms with E-state index in [9.17, 15) is 9.59 Å². The van der Waals surface area contributed by atoms with Crippen molar-refractivity contribution in [3.05, 3.63) is 0 Å². The number of aliphatic carboxylic acids is 1. The summed E-state index contributed by atoms with van der Waals surface area (Å²) < 4.78 is 0. The van der Waals surface area contributed by atoms with Gasteiger partial charge in [-0.2, -0.15) is 24.4 Å². The van der Waals surface area contributed by atoms with Crippen molar-refractivity contribution in [3.63, 3.8) is 0 Å². The minimum Gasteiger partial charge on any atom is -0.480 e. The van der Waals surface area contributed by atoms with Crippen LogP contribution < -0.4 is 0 Å². The highest BCUT2D eigenvalue weighted by Crippen LogP contribution is 2.19. The molecule has 1 rings (SSSR count). The average molecular weight is 249 g/mol. The SMILES string of the molecule is CC(CS)C(=O)N1CCSCC1C(=O)O. The van der Waals surface area contributed by atoms with Crippen molar-refractivity contribution in [2.24, 2.45) is 5.92 Å². The molecule has 1 amide bonds. The van der Waals surface area contributed by atoms with Crippen LogP contribution in [0, 0.1) is 5.92 Å². The number of thioether (sulfide) groups is 1. The van der Waals surface area contributed by atoms with Gasteiger partial charge in [0, 0.05) is 29.7 Å². The molecule has 15 heavy (non-hydrogen) atoms. The lowest BCUT2D eigenvalue weighted by molar-refractivity contribution is -0.150. The number of rotatable bonds is 3. The van der Waals surface area contributed by atoms with Crippen molar-refractivity contribution >= 4 is 36.3 Å². The Morgan fingerprint density at radius 2 is 2.33 bits per heavy atom. The zero-order valence-electron chi connectivity index (χ0n) is 8.55. The number of hydrogen-bond donors (Lipinski definition) is 2. The lowest BCUT2D eigenvalue weighted by atomic mass is 10.1. The third-order valence-electron chi connectivity index (χ3n) is 2.39. The summed E-state index contributed by atoms with van der Waals surface area (Å²) in [4.78, 5) is 24.3. The number of nitrogens with zero attached hydrogens (tertiary/aromatic N) is 1. The molecule has 2 atom stereocenters. The van der Waals surface area contributed by atoms with Crippen LogP contribution in [0.4, 0.5) is 0 Å². The third-order valence-corrected chi connectivity index (χ3v) is 3.96. The van der Waals surface area contributed by atoms with Gasteiger partial charge in [0.2, 0.25) is 5.91 Å². The van der Waals surface area contributed by atoms with Crippen LogP contribution in [0.3, 0.4) is 0 Å². The largest absolute Gasteiger partial charge is 0.480 e. The molecule has 1 fully saturated rings. The number of carboxylic acids is 1. The average Bonchev–Trinajstić information content (AvgIpc) is 2.27. The Balaban J connectivity index is 2.71. The fourth-order valence-corrected chi connectivity index (χ4v) is 2.63. The molecule has 4 nitrogen and oxygen atoms in total. The van der Waals surface area contributed by atoms with Crippen LogP contribution in [0.5, 0.6) is 0 Å². The molecule has 0 aliphatic carbocycles. The number of carbonyl (C=O) groups is 2.